The van der Waals surface area contributed by atoms with Crippen LogP contribution in [0.25, 0.3) is 0 Å². The van der Waals surface area contributed by atoms with Gasteiger partial charge in [-0.25, -0.2) is 0 Å². The first-order valence-electron chi connectivity index (χ1n) is 5.59. The van der Waals surface area contributed by atoms with E-state index in [4.69, 9.17) is 0 Å². The van der Waals surface area contributed by atoms with E-state index in [2.05, 4.69) is 13.0 Å². The topological polar surface area (TPSA) is 20.2 Å². The normalized spacial score (nSPS) is 40.5. The van der Waals surface area contributed by atoms with Crippen molar-refractivity contribution in [3.8, 4) is 0 Å². The SMILES string of the molecule is CC1=CC[C@H]2CCCC[C@@]2(O)CC1. The zero-order chi connectivity index (χ0) is 9.31. The Hall–Kier alpha value is -0.300. The van der Waals surface area contributed by atoms with Crippen LogP contribution in [0.15, 0.2) is 11.6 Å². The summed E-state index contributed by atoms with van der Waals surface area (Å²) in [6.45, 7) is 2.20. The van der Waals surface area contributed by atoms with E-state index >= 15 is 0 Å². The maximum atomic E-state index is 10.5. The van der Waals surface area contributed by atoms with Crippen molar-refractivity contribution in [3.63, 3.8) is 0 Å². The molecule has 2 atom stereocenters. The molecule has 0 aromatic rings. The second-order valence-corrected chi connectivity index (χ2v) is 4.83. The number of rotatable bonds is 0. The molecule has 0 saturated heterocycles. The Balaban J connectivity index is 2.13. The molecule has 0 heterocycles. The lowest BCUT2D eigenvalue weighted by molar-refractivity contribution is -0.0513. The molecule has 2 rings (SSSR count). The van der Waals surface area contributed by atoms with Crippen LogP contribution in [0.1, 0.15) is 51.9 Å². The van der Waals surface area contributed by atoms with Crippen molar-refractivity contribution in [3.05, 3.63) is 11.6 Å². The van der Waals surface area contributed by atoms with Crippen molar-refractivity contribution in [2.45, 2.75) is 57.5 Å². The molecule has 13 heavy (non-hydrogen) atoms. The third kappa shape index (κ3) is 1.80. The van der Waals surface area contributed by atoms with Gasteiger partial charge in [0, 0.05) is 0 Å². The maximum absolute atomic E-state index is 10.5. The minimum atomic E-state index is -0.313. The van der Waals surface area contributed by atoms with Gasteiger partial charge in [0.2, 0.25) is 0 Å². The number of hydrogen-bond acceptors (Lipinski definition) is 1. The molecule has 0 radical (unpaired) electrons. The van der Waals surface area contributed by atoms with E-state index in [9.17, 15) is 5.11 Å². The van der Waals surface area contributed by atoms with Gasteiger partial charge in [-0.2, -0.15) is 0 Å². The molecular weight excluding hydrogens is 160 g/mol. The number of allylic oxidation sites excluding steroid dienone is 2. The fraction of sp³-hybridized carbons (Fsp3) is 0.833. The van der Waals surface area contributed by atoms with Gasteiger partial charge in [-0.05, 0) is 44.9 Å². The smallest absolute Gasteiger partial charge is 0.0681 e. The van der Waals surface area contributed by atoms with Gasteiger partial charge in [-0.3, -0.25) is 0 Å². The van der Waals surface area contributed by atoms with Crippen molar-refractivity contribution >= 4 is 0 Å². The summed E-state index contributed by atoms with van der Waals surface area (Å²) in [5.74, 6) is 0.554. The van der Waals surface area contributed by atoms with Crippen LogP contribution in [0.3, 0.4) is 0 Å². The summed E-state index contributed by atoms with van der Waals surface area (Å²) >= 11 is 0. The van der Waals surface area contributed by atoms with E-state index < -0.39 is 0 Å². The molecule has 0 unspecified atom stereocenters. The summed E-state index contributed by atoms with van der Waals surface area (Å²) in [6.07, 6.45) is 10.4. The molecular formula is C12H20O. The Morgan fingerprint density at radius 2 is 2.23 bits per heavy atom. The molecule has 2 aliphatic rings. The summed E-state index contributed by atoms with van der Waals surface area (Å²) in [4.78, 5) is 0. The van der Waals surface area contributed by atoms with Gasteiger partial charge in [0.1, 0.15) is 0 Å². The summed E-state index contributed by atoms with van der Waals surface area (Å²) in [5.41, 5.74) is 1.16. The van der Waals surface area contributed by atoms with Gasteiger partial charge >= 0.3 is 0 Å². The lowest BCUT2D eigenvalue weighted by atomic mass is 9.72. The fourth-order valence-corrected chi connectivity index (χ4v) is 2.82. The minimum Gasteiger partial charge on any atom is -0.390 e. The first kappa shape index (κ1) is 9.26. The quantitative estimate of drug-likeness (QED) is 0.568. The molecule has 0 spiro atoms. The molecule has 0 aromatic heterocycles. The second-order valence-electron chi connectivity index (χ2n) is 4.83. The van der Waals surface area contributed by atoms with Crippen LogP contribution >= 0.6 is 0 Å². The molecule has 0 amide bonds. The molecule has 1 nitrogen and oxygen atoms in total. The first-order chi connectivity index (χ1) is 6.21. The van der Waals surface area contributed by atoms with Gasteiger partial charge < -0.3 is 5.11 Å². The fourth-order valence-electron chi connectivity index (χ4n) is 2.82. The van der Waals surface area contributed by atoms with Gasteiger partial charge in [0.05, 0.1) is 5.60 Å². The number of fused-ring (bicyclic) bond motifs is 1. The van der Waals surface area contributed by atoms with E-state index in [0.29, 0.717) is 5.92 Å². The van der Waals surface area contributed by atoms with Crippen LogP contribution in [0, 0.1) is 5.92 Å². The van der Waals surface area contributed by atoms with E-state index in [-0.39, 0.29) is 5.60 Å². The van der Waals surface area contributed by atoms with Crippen LogP contribution in [-0.4, -0.2) is 10.7 Å². The monoisotopic (exact) mass is 180 g/mol. The highest BCUT2D eigenvalue weighted by Gasteiger charge is 2.38. The van der Waals surface area contributed by atoms with Gasteiger partial charge in [0.25, 0.3) is 0 Å². The Bertz CT molecular complexity index is 219. The Morgan fingerprint density at radius 3 is 3.08 bits per heavy atom. The van der Waals surface area contributed by atoms with Crippen molar-refractivity contribution in [2.24, 2.45) is 5.92 Å². The standard InChI is InChI=1S/C12H20O/c1-10-5-6-11-4-2-3-8-12(11,13)9-7-10/h5,11,13H,2-4,6-9H2,1H3/t11-,12-/m1/s1. The van der Waals surface area contributed by atoms with Crippen LogP contribution in [0.5, 0.6) is 0 Å². The first-order valence-corrected chi connectivity index (χ1v) is 5.59. The van der Waals surface area contributed by atoms with Crippen molar-refractivity contribution in [1.29, 1.82) is 0 Å². The second kappa shape index (κ2) is 3.45. The zero-order valence-electron chi connectivity index (χ0n) is 8.55. The highest BCUT2D eigenvalue weighted by Crippen LogP contribution is 2.41. The molecule has 1 fully saturated rings. The molecule has 0 bridgehead atoms. The highest BCUT2D eigenvalue weighted by molar-refractivity contribution is 5.07. The van der Waals surface area contributed by atoms with Gasteiger partial charge in [-0.15, -0.1) is 0 Å². The average Bonchev–Trinajstić information content (AvgIpc) is 2.27. The van der Waals surface area contributed by atoms with E-state index in [1.54, 1.807) is 0 Å². The number of hydrogen-bond donors (Lipinski definition) is 1. The highest BCUT2D eigenvalue weighted by atomic mass is 16.3. The predicted molar refractivity (Wildman–Crippen MR) is 54.5 cm³/mol. The Labute approximate surface area is 80.8 Å². The minimum absolute atomic E-state index is 0.313. The summed E-state index contributed by atoms with van der Waals surface area (Å²) in [6, 6.07) is 0. The van der Waals surface area contributed by atoms with Gasteiger partial charge in [-0.1, -0.05) is 24.5 Å². The zero-order valence-corrected chi connectivity index (χ0v) is 8.55. The third-order valence-corrected chi connectivity index (χ3v) is 3.88. The summed E-state index contributed by atoms with van der Waals surface area (Å²) in [7, 11) is 0. The van der Waals surface area contributed by atoms with Crippen LogP contribution in [-0.2, 0) is 0 Å². The molecule has 1 saturated carbocycles. The van der Waals surface area contributed by atoms with E-state index in [1.807, 2.05) is 0 Å². The Kier molecular flexibility index (Phi) is 2.46. The van der Waals surface area contributed by atoms with Crippen LogP contribution in [0.2, 0.25) is 0 Å². The third-order valence-electron chi connectivity index (χ3n) is 3.88. The lowest BCUT2D eigenvalue weighted by Gasteiger charge is -2.39. The average molecular weight is 180 g/mol. The maximum Gasteiger partial charge on any atom is 0.0681 e. The summed E-state index contributed by atoms with van der Waals surface area (Å²) < 4.78 is 0. The van der Waals surface area contributed by atoms with Crippen molar-refractivity contribution in [2.75, 3.05) is 0 Å². The molecule has 1 N–H and O–H groups in total. The molecule has 1 heteroatoms. The molecule has 0 aliphatic heterocycles. The molecule has 0 aromatic carbocycles. The summed E-state index contributed by atoms with van der Waals surface area (Å²) in [5, 5.41) is 10.5. The van der Waals surface area contributed by atoms with Crippen LogP contribution < -0.4 is 0 Å². The van der Waals surface area contributed by atoms with Crippen LogP contribution in [0.4, 0.5) is 0 Å². The van der Waals surface area contributed by atoms with Crippen molar-refractivity contribution in [1.82, 2.24) is 0 Å². The van der Waals surface area contributed by atoms with E-state index in [1.165, 1.54) is 24.8 Å². The predicted octanol–water partition coefficient (Wildman–Crippen LogP) is 3.04. The van der Waals surface area contributed by atoms with E-state index in [0.717, 1.165) is 25.7 Å². The Morgan fingerprint density at radius 1 is 1.38 bits per heavy atom. The van der Waals surface area contributed by atoms with Crippen molar-refractivity contribution < 1.29 is 5.11 Å². The lowest BCUT2D eigenvalue weighted by Crippen LogP contribution is -2.39. The molecule has 74 valence electrons. The molecule has 2 aliphatic carbocycles. The largest absolute Gasteiger partial charge is 0.390 e. The van der Waals surface area contributed by atoms with Gasteiger partial charge in [0.15, 0.2) is 0 Å². The number of aliphatic hydroxyl groups is 1.